The third kappa shape index (κ3) is 8.74. The number of rotatable bonds is 9. The lowest BCUT2D eigenvalue weighted by atomic mass is 10.1. The van der Waals surface area contributed by atoms with E-state index < -0.39 is 17.8 Å². The van der Waals surface area contributed by atoms with E-state index in [0.717, 1.165) is 24.8 Å². The Morgan fingerprint density at radius 1 is 1.25 bits per heavy atom. The molecule has 24 heavy (non-hydrogen) atoms. The van der Waals surface area contributed by atoms with Crippen LogP contribution >= 0.6 is 0 Å². The third-order valence-corrected chi connectivity index (χ3v) is 3.16. The monoisotopic (exact) mass is 339 g/mol. The predicted molar refractivity (Wildman–Crippen MR) is 92.2 cm³/mol. The Kier molecular flexibility index (Phi) is 8.57. The maximum Gasteiger partial charge on any atom is 0.407 e. The van der Waals surface area contributed by atoms with E-state index in [1.54, 1.807) is 0 Å². The second-order valence-electron chi connectivity index (χ2n) is 6.64. The van der Waals surface area contributed by atoms with Gasteiger partial charge in [0, 0.05) is 6.54 Å². The SMILES string of the molecule is CC(C)(C)OC(=O)NCCCCc1ccccc1OCC(O)CO. The molecule has 1 aromatic rings. The normalized spacial score (nSPS) is 12.5. The van der Waals surface area contributed by atoms with Gasteiger partial charge in [-0.1, -0.05) is 18.2 Å². The summed E-state index contributed by atoms with van der Waals surface area (Å²) in [6, 6.07) is 7.62. The highest BCUT2D eigenvalue weighted by atomic mass is 16.6. The summed E-state index contributed by atoms with van der Waals surface area (Å²) in [6.07, 6.45) is 1.24. The smallest absolute Gasteiger partial charge is 0.407 e. The van der Waals surface area contributed by atoms with Crippen LogP contribution in [-0.2, 0) is 11.2 Å². The zero-order valence-corrected chi connectivity index (χ0v) is 14.7. The fourth-order valence-corrected chi connectivity index (χ4v) is 2.03. The van der Waals surface area contributed by atoms with Crippen molar-refractivity contribution in [2.75, 3.05) is 19.8 Å². The summed E-state index contributed by atoms with van der Waals surface area (Å²) in [5.41, 5.74) is 0.555. The number of unbranched alkanes of at least 4 members (excludes halogenated alkanes) is 1. The molecule has 0 saturated carbocycles. The summed E-state index contributed by atoms with van der Waals surface area (Å²) in [5.74, 6) is 0.713. The van der Waals surface area contributed by atoms with E-state index in [1.165, 1.54) is 0 Å². The molecule has 0 aliphatic carbocycles. The molecule has 0 aliphatic heterocycles. The average Bonchev–Trinajstić information content (AvgIpc) is 2.51. The van der Waals surface area contributed by atoms with Gasteiger partial charge in [0.1, 0.15) is 24.1 Å². The van der Waals surface area contributed by atoms with Crippen molar-refractivity contribution in [1.82, 2.24) is 5.32 Å². The zero-order chi connectivity index (χ0) is 18.0. The predicted octanol–water partition coefficient (Wildman–Crippen LogP) is 2.27. The van der Waals surface area contributed by atoms with Crippen LogP contribution in [0.4, 0.5) is 4.79 Å². The van der Waals surface area contributed by atoms with E-state index in [0.29, 0.717) is 12.3 Å². The second kappa shape index (κ2) is 10.2. The van der Waals surface area contributed by atoms with Gasteiger partial charge in [0.05, 0.1) is 6.61 Å². The quantitative estimate of drug-likeness (QED) is 0.601. The van der Waals surface area contributed by atoms with E-state index >= 15 is 0 Å². The lowest BCUT2D eigenvalue weighted by Crippen LogP contribution is -2.33. The molecule has 0 radical (unpaired) electrons. The minimum absolute atomic E-state index is 0.0632. The van der Waals surface area contributed by atoms with Crippen molar-refractivity contribution in [3.05, 3.63) is 29.8 Å². The largest absolute Gasteiger partial charge is 0.491 e. The number of aryl methyl sites for hydroxylation is 1. The molecule has 0 saturated heterocycles. The standard InChI is InChI=1S/C18H29NO5/c1-18(2,3)24-17(22)19-11-7-6-9-14-8-4-5-10-16(14)23-13-15(21)12-20/h4-5,8,10,15,20-21H,6-7,9,11-13H2,1-3H3,(H,19,22). The van der Waals surface area contributed by atoms with Crippen LogP contribution in [0.25, 0.3) is 0 Å². The summed E-state index contributed by atoms with van der Waals surface area (Å²) in [5, 5.41) is 20.9. The molecule has 6 nitrogen and oxygen atoms in total. The van der Waals surface area contributed by atoms with E-state index in [2.05, 4.69) is 5.32 Å². The summed E-state index contributed by atoms with van der Waals surface area (Å²) >= 11 is 0. The highest BCUT2D eigenvalue weighted by molar-refractivity contribution is 5.67. The van der Waals surface area contributed by atoms with Gasteiger partial charge >= 0.3 is 6.09 Å². The highest BCUT2D eigenvalue weighted by Crippen LogP contribution is 2.20. The van der Waals surface area contributed by atoms with E-state index in [4.69, 9.17) is 14.6 Å². The van der Waals surface area contributed by atoms with Gasteiger partial charge in [-0.3, -0.25) is 0 Å². The van der Waals surface area contributed by atoms with Gasteiger partial charge in [-0.25, -0.2) is 4.79 Å². The molecule has 1 aromatic carbocycles. The fourth-order valence-electron chi connectivity index (χ4n) is 2.03. The van der Waals surface area contributed by atoms with Crippen molar-refractivity contribution >= 4 is 6.09 Å². The molecule has 0 aliphatic rings. The fraction of sp³-hybridized carbons (Fsp3) is 0.611. The molecule has 3 N–H and O–H groups in total. The minimum atomic E-state index is -0.879. The Hall–Kier alpha value is -1.79. The number of benzene rings is 1. The molecule has 0 fully saturated rings. The lowest BCUT2D eigenvalue weighted by molar-refractivity contribution is 0.0526. The summed E-state index contributed by atoms with van der Waals surface area (Å²) in [7, 11) is 0. The molecular weight excluding hydrogens is 310 g/mol. The Bertz CT molecular complexity index is 498. The first-order chi connectivity index (χ1) is 11.3. The van der Waals surface area contributed by atoms with Gasteiger partial charge < -0.3 is 25.0 Å². The van der Waals surface area contributed by atoms with Crippen molar-refractivity contribution in [3.63, 3.8) is 0 Å². The van der Waals surface area contributed by atoms with Crippen LogP contribution < -0.4 is 10.1 Å². The first-order valence-electron chi connectivity index (χ1n) is 8.28. The maximum absolute atomic E-state index is 11.5. The van der Waals surface area contributed by atoms with Crippen molar-refractivity contribution in [2.24, 2.45) is 0 Å². The number of hydrogen-bond donors (Lipinski definition) is 3. The Balaban J connectivity index is 2.31. The second-order valence-corrected chi connectivity index (χ2v) is 6.64. The molecule has 1 atom stereocenters. The van der Waals surface area contributed by atoms with Crippen LogP contribution in [0.2, 0.25) is 0 Å². The van der Waals surface area contributed by atoms with Crippen LogP contribution in [0.3, 0.4) is 0 Å². The number of alkyl carbamates (subject to hydrolysis) is 1. The van der Waals surface area contributed by atoms with Gasteiger partial charge in [-0.15, -0.1) is 0 Å². The number of hydrogen-bond acceptors (Lipinski definition) is 5. The van der Waals surface area contributed by atoms with Crippen LogP contribution in [0.15, 0.2) is 24.3 Å². The summed E-state index contributed by atoms with van der Waals surface area (Å²) < 4.78 is 10.7. The number of carbonyl (C=O) groups is 1. The van der Waals surface area contributed by atoms with Crippen molar-refractivity contribution < 1.29 is 24.5 Å². The molecule has 0 spiro atoms. The number of aliphatic hydroxyl groups excluding tert-OH is 2. The zero-order valence-electron chi connectivity index (χ0n) is 14.7. The summed E-state index contributed by atoms with van der Waals surface area (Å²) in [6.45, 7) is 5.79. The van der Waals surface area contributed by atoms with Gasteiger partial charge in [0.2, 0.25) is 0 Å². The topological polar surface area (TPSA) is 88.0 Å². The number of para-hydroxylation sites is 1. The first-order valence-corrected chi connectivity index (χ1v) is 8.28. The number of nitrogens with one attached hydrogen (secondary N) is 1. The maximum atomic E-state index is 11.5. The molecule has 0 aromatic heterocycles. The molecule has 0 heterocycles. The van der Waals surface area contributed by atoms with Gasteiger partial charge in [0.15, 0.2) is 0 Å². The third-order valence-electron chi connectivity index (χ3n) is 3.16. The average molecular weight is 339 g/mol. The number of aliphatic hydroxyl groups is 2. The molecular formula is C18H29NO5. The number of carbonyl (C=O) groups excluding carboxylic acids is 1. The molecule has 1 amide bonds. The van der Waals surface area contributed by atoms with Crippen LogP contribution in [0.5, 0.6) is 5.75 Å². The number of ether oxygens (including phenoxy) is 2. The van der Waals surface area contributed by atoms with Crippen LogP contribution in [0.1, 0.15) is 39.2 Å². The van der Waals surface area contributed by atoms with Crippen molar-refractivity contribution in [3.8, 4) is 5.75 Å². The van der Waals surface area contributed by atoms with Crippen molar-refractivity contribution in [2.45, 2.75) is 51.7 Å². The van der Waals surface area contributed by atoms with Gasteiger partial charge in [-0.05, 0) is 51.7 Å². The lowest BCUT2D eigenvalue weighted by Gasteiger charge is -2.19. The van der Waals surface area contributed by atoms with Crippen molar-refractivity contribution in [1.29, 1.82) is 0 Å². The number of amides is 1. The van der Waals surface area contributed by atoms with Gasteiger partial charge in [-0.2, -0.15) is 0 Å². The van der Waals surface area contributed by atoms with E-state index in [1.807, 2.05) is 45.0 Å². The molecule has 0 bridgehead atoms. The van der Waals surface area contributed by atoms with Crippen LogP contribution in [0, 0.1) is 0 Å². The minimum Gasteiger partial charge on any atom is -0.491 e. The van der Waals surface area contributed by atoms with Crippen LogP contribution in [-0.4, -0.2) is 47.8 Å². The van der Waals surface area contributed by atoms with Gasteiger partial charge in [0.25, 0.3) is 0 Å². The Morgan fingerprint density at radius 3 is 2.62 bits per heavy atom. The van der Waals surface area contributed by atoms with E-state index in [9.17, 15) is 9.90 Å². The first kappa shape index (κ1) is 20.3. The summed E-state index contributed by atoms with van der Waals surface area (Å²) in [4.78, 5) is 11.5. The van der Waals surface area contributed by atoms with E-state index in [-0.39, 0.29) is 13.2 Å². The highest BCUT2D eigenvalue weighted by Gasteiger charge is 2.15. The molecule has 136 valence electrons. The Labute approximate surface area is 143 Å². The molecule has 1 unspecified atom stereocenters. The molecule has 1 rings (SSSR count). The molecule has 6 heteroatoms. The Morgan fingerprint density at radius 2 is 1.96 bits per heavy atom.